The van der Waals surface area contributed by atoms with Gasteiger partial charge in [-0.05, 0) is 43.2 Å². The maximum absolute atomic E-state index is 13.7. The fraction of sp³-hybridized carbons (Fsp3) is 0.304. The summed E-state index contributed by atoms with van der Waals surface area (Å²) in [5.74, 6) is -1.77. The minimum absolute atomic E-state index is 0.0573. The number of carboxylic acids is 1. The van der Waals surface area contributed by atoms with Crippen molar-refractivity contribution in [1.29, 1.82) is 0 Å². The molecule has 2 N–H and O–H groups in total. The molecule has 4 rings (SSSR count). The van der Waals surface area contributed by atoms with Gasteiger partial charge in [-0.15, -0.1) is 0 Å². The van der Waals surface area contributed by atoms with Gasteiger partial charge in [0.1, 0.15) is 11.5 Å². The van der Waals surface area contributed by atoms with Crippen molar-refractivity contribution < 1.29 is 19.1 Å². The number of piperazine rings is 1. The molecular weight excluding hydrogens is 385 g/mol. The first-order valence-corrected chi connectivity index (χ1v) is 9.97. The van der Waals surface area contributed by atoms with Crippen LogP contribution in [0.25, 0.3) is 10.9 Å². The summed E-state index contributed by atoms with van der Waals surface area (Å²) < 4.78 is 13.7. The predicted octanol–water partition coefficient (Wildman–Crippen LogP) is 3.51. The number of nitrogens with zero attached hydrogens (tertiary/aromatic N) is 2. The van der Waals surface area contributed by atoms with E-state index in [1.807, 2.05) is 6.07 Å². The van der Waals surface area contributed by atoms with E-state index in [4.69, 9.17) is 0 Å². The van der Waals surface area contributed by atoms with Crippen LogP contribution in [0.15, 0.2) is 36.4 Å². The van der Waals surface area contributed by atoms with E-state index in [-0.39, 0.29) is 18.0 Å². The van der Waals surface area contributed by atoms with Gasteiger partial charge in [-0.2, -0.15) is 0 Å². The van der Waals surface area contributed by atoms with Crippen LogP contribution in [-0.4, -0.2) is 53.0 Å². The molecule has 1 aliphatic rings. The van der Waals surface area contributed by atoms with Crippen LogP contribution in [0.1, 0.15) is 27.2 Å². The van der Waals surface area contributed by atoms with E-state index in [0.29, 0.717) is 42.6 Å². The summed E-state index contributed by atoms with van der Waals surface area (Å²) in [7, 11) is 0. The summed E-state index contributed by atoms with van der Waals surface area (Å²) in [4.78, 5) is 31.4. The van der Waals surface area contributed by atoms with E-state index in [2.05, 4.69) is 35.9 Å². The molecule has 0 bridgehead atoms. The quantitative estimate of drug-likeness (QED) is 0.691. The summed E-state index contributed by atoms with van der Waals surface area (Å²) in [6.07, 6.45) is -0.0749. The highest BCUT2D eigenvalue weighted by molar-refractivity contribution is 6.00. The van der Waals surface area contributed by atoms with Crippen molar-refractivity contribution in [3.8, 4) is 0 Å². The lowest BCUT2D eigenvalue weighted by Crippen LogP contribution is -2.49. The van der Waals surface area contributed by atoms with Gasteiger partial charge in [0.05, 0.1) is 6.42 Å². The molecule has 0 radical (unpaired) electrons. The average molecular weight is 409 g/mol. The number of anilines is 1. The number of H-pyrrole nitrogens is 1. The van der Waals surface area contributed by atoms with Gasteiger partial charge in [0, 0.05) is 48.3 Å². The van der Waals surface area contributed by atoms with Crippen molar-refractivity contribution in [1.82, 2.24) is 9.88 Å². The molecule has 7 heteroatoms. The molecule has 156 valence electrons. The van der Waals surface area contributed by atoms with E-state index < -0.39 is 11.8 Å². The number of amides is 1. The maximum Gasteiger partial charge on any atom is 0.352 e. The van der Waals surface area contributed by atoms with Gasteiger partial charge in [-0.1, -0.05) is 18.2 Å². The molecule has 30 heavy (non-hydrogen) atoms. The smallest absolute Gasteiger partial charge is 0.352 e. The SMILES string of the molecule is Cc1cccc(C)c1N1CCN(C(=O)Cc2c(C(=O)O)[nH]c3ccc(F)cc23)CC1. The number of aromatic nitrogens is 1. The molecule has 6 nitrogen and oxygen atoms in total. The monoisotopic (exact) mass is 409 g/mol. The molecule has 3 aromatic rings. The Morgan fingerprint density at radius 1 is 1.07 bits per heavy atom. The van der Waals surface area contributed by atoms with Gasteiger partial charge < -0.3 is 19.9 Å². The van der Waals surface area contributed by atoms with Crippen LogP contribution in [-0.2, 0) is 11.2 Å². The lowest BCUT2D eigenvalue weighted by Gasteiger charge is -2.37. The van der Waals surface area contributed by atoms with E-state index in [9.17, 15) is 19.1 Å². The number of carboxylic acid groups (broad SMARTS) is 1. The summed E-state index contributed by atoms with van der Waals surface area (Å²) in [5, 5.41) is 9.96. The largest absolute Gasteiger partial charge is 0.477 e. The van der Waals surface area contributed by atoms with Gasteiger partial charge in [-0.25, -0.2) is 9.18 Å². The second-order valence-corrected chi connectivity index (χ2v) is 7.76. The van der Waals surface area contributed by atoms with Crippen LogP contribution in [0, 0.1) is 19.7 Å². The molecule has 1 saturated heterocycles. The third-order valence-electron chi connectivity index (χ3n) is 5.80. The van der Waals surface area contributed by atoms with Crippen LogP contribution in [0.4, 0.5) is 10.1 Å². The molecule has 0 atom stereocenters. The second-order valence-electron chi connectivity index (χ2n) is 7.76. The number of fused-ring (bicyclic) bond motifs is 1. The third kappa shape index (κ3) is 3.63. The van der Waals surface area contributed by atoms with Crippen molar-refractivity contribution >= 4 is 28.5 Å². The van der Waals surface area contributed by atoms with Gasteiger partial charge in [-0.3, -0.25) is 4.79 Å². The van der Waals surface area contributed by atoms with Gasteiger partial charge in [0.15, 0.2) is 0 Å². The lowest BCUT2D eigenvalue weighted by molar-refractivity contribution is -0.130. The van der Waals surface area contributed by atoms with Crippen LogP contribution in [0.2, 0.25) is 0 Å². The van der Waals surface area contributed by atoms with Gasteiger partial charge in [0.25, 0.3) is 0 Å². The minimum atomic E-state index is -1.16. The van der Waals surface area contributed by atoms with Crippen LogP contribution in [0.3, 0.4) is 0 Å². The first-order valence-electron chi connectivity index (χ1n) is 9.97. The Hall–Kier alpha value is -3.35. The van der Waals surface area contributed by atoms with Gasteiger partial charge in [0.2, 0.25) is 5.91 Å². The van der Waals surface area contributed by atoms with Crippen LogP contribution in [0.5, 0.6) is 0 Å². The highest BCUT2D eigenvalue weighted by atomic mass is 19.1. The molecule has 0 unspecified atom stereocenters. The summed E-state index contributed by atoms with van der Waals surface area (Å²) in [6.45, 7) is 6.72. The Kier molecular flexibility index (Phi) is 5.20. The number of aryl methyl sites for hydroxylation is 2. The molecule has 0 aliphatic carbocycles. The van der Waals surface area contributed by atoms with Crippen molar-refractivity contribution in [2.24, 2.45) is 0 Å². The molecule has 1 amide bonds. The molecule has 2 aromatic carbocycles. The van der Waals surface area contributed by atoms with E-state index in [1.54, 1.807) is 4.90 Å². The fourth-order valence-corrected chi connectivity index (χ4v) is 4.33. The first kappa shape index (κ1) is 19.9. The highest BCUT2D eigenvalue weighted by Crippen LogP contribution is 2.27. The summed E-state index contributed by atoms with van der Waals surface area (Å²) in [6, 6.07) is 10.3. The molecular formula is C23H24FN3O3. The minimum Gasteiger partial charge on any atom is -0.477 e. The second kappa shape index (κ2) is 7.82. The summed E-state index contributed by atoms with van der Waals surface area (Å²) in [5.41, 5.74) is 4.42. The topological polar surface area (TPSA) is 76.6 Å². The molecule has 0 spiro atoms. The number of nitrogens with one attached hydrogen (secondary N) is 1. The number of aromatic carboxylic acids is 1. The Balaban J connectivity index is 1.51. The van der Waals surface area contributed by atoms with Gasteiger partial charge >= 0.3 is 5.97 Å². The molecule has 2 heterocycles. The Morgan fingerprint density at radius 2 is 1.73 bits per heavy atom. The fourth-order valence-electron chi connectivity index (χ4n) is 4.33. The zero-order chi connectivity index (χ0) is 21.4. The number of rotatable bonds is 4. The van der Waals surface area contributed by atoms with Crippen molar-refractivity contribution in [3.63, 3.8) is 0 Å². The Labute approximate surface area is 173 Å². The number of halogens is 1. The van der Waals surface area contributed by atoms with Crippen LogP contribution < -0.4 is 4.90 Å². The lowest BCUT2D eigenvalue weighted by atomic mass is 10.1. The number of carbonyl (C=O) groups excluding carboxylic acids is 1. The van der Waals surface area contributed by atoms with E-state index in [0.717, 1.165) is 0 Å². The normalized spacial score (nSPS) is 14.4. The Morgan fingerprint density at radius 3 is 2.37 bits per heavy atom. The first-order chi connectivity index (χ1) is 14.3. The highest BCUT2D eigenvalue weighted by Gasteiger charge is 2.26. The van der Waals surface area contributed by atoms with E-state index in [1.165, 1.54) is 35.0 Å². The standard InChI is InChI=1S/C23H24FN3O3/c1-14-4-3-5-15(2)22(14)27-10-8-26(9-11-27)20(28)13-18-17-12-16(24)6-7-19(17)25-21(18)23(29)30/h3-7,12,25H,8-11,13H2,1-2H3,(H,29,30). The summed E-state index contributed by atoms with van der Waals surface area (Å²) >= 11 is 0. The molecule has 0 saturated carbocycles. The molecule has 1 fully saturated rings. The van der Waals surface area contributed by atoms with Crippen LogP contribution >= 0.6 is 0 Å². The number of carbonyl (C=O) groups is 2. The maximum atomic E-state index is 13.7. The van der Waals surface area contributed by atoms with Crippen molar-refractivity contribution in [3.05, 3.63) is 64.6 Å². The number of hydrogen-bond donors (Lipinski definition) is 2. The predicted molar refractivity (Wildman–Crippen MR) is 114 cm³/mol. The molecule has 1 aliphatic heterocycles. The Bertz CT molecular complexity index is 1110. The van der Waals surface area contributed by atoms with E-state index >= 15 is 0 Å². The van der Waals surface area contributed by atoms with Crippen molar-refractivity contribution in [2.45, 2.75) is 20.3 Å². The number of aromatic amines is 1. The zero-order valence-corrected chi connectivity index (χ0v) is 17.0. The number of benzene rings is 2. The third-order valence-corrected chi connectivity index (χ3v) is 5.80. The zero-order valence-electron chi connectivity index (χ0n) is 17.0. The molecule has 1 aromatic heterocycles. The number of hydrogen-bond acceptors (Lipinski definition) is 3. The van der Waals surface area contributed by atoms with Crippen molar-refractivity contribution in [2.75, 3.05) is 31.1 Å². The average Bonchev–Trinajstić information content (AvgIpc) is 3.06. The number of para-hydroxylation sites is 1.